The summed E-state index contributed by atoms with van der Waals surface area (Å²) in [5.74, 6) is 0.880. The van der Waals surface area contributed by atoms with Gasteiger partial charge in [-0.2, -0.15) is 0 Å². The summed E-state index contributed by atoms with van der Waals surface area (Å²) in [4.78, 5) is 2.84. The number of hydrogen-bond donors (Lipinski definition) is 1. The predicted octanol–water partition coefficient (Wildman–Crippen LogP) is 3.72. The summed E-state index contributed by atoms with van der Waals surface area (Å²) < 4.78 is 0. The lowest BCUT2D eigenvalue weighted by atomic mass is 9.78. The third-order valence-electron chi connectivity index (χ3n) is 5.90. The Labute approximate surface area is 118 Å². The van der Waals surface area contributed by atoms with Crippen LogP contribution in [0.25, 0.3) is 0 Å². The summed E-state index contributed by atoms with van der Waals surface area (Å²) in [6.45, 7) is 1.16. The zero-order valence-corrected chi connectivity index (χ0v) is 12.4. The van der Waals surface area contributed by atoms with Crippen LogP contribution in [-0.2, 0) is 0 Å². The Kier molecular flexibility index (Phi) is 4.81. The van der Waals surface area contributed by atoms with Gasteiger partial charge in [0.2, 0.25) is 0 Å². The van der Waals surface area contributed by atoms with Crippen LogP contribution in [0, 0.1) is 5.92 Å². The molecule has 1 saturated heterocycles. The third kappa shape index (κ3) is 3.33. The third-order valence-corrected chi connectivity index (χ3v) is 5.90. The number of hydrogen-bond acceptors (Lipinski definition) is 2. The first-order valence-corrected chi connectivity index (χ1v) is 8.78. The molecule has 0 amide bonds. The molecule has 2 saturated carbocycles. The zero-order valence-electron chi connectivity index (χ0n) is 12.4. The fourth-order valence-electron chi connectivity index (χ4n) is 4.84. The van der Waals surface area contributed by atoms with E-state index in [0.29, 0.717) is 6.04 Å². The lowest BCUT2D eigenvalue weighted by Crippen LogP contribution is -2.53. The van der Waals surface area contributed by atoms with E-state index in [4.69, 9.17) is 0 Å². The van der Waals surface area contributed by atoms with Crippen molar-refractivity contribution < 1.29 is 5.11 Å². The van der Waals surface area contributed by atoms with Crippen LogP contribution in [0.2, 0.25) is 0 Å². The number of nitrogens with zero attached hydrogens (tertiary/aromatic N) is 1. The van der Waals surface area contributed by atoms with Crippen molar-refractivity contribution in [3.63, 3.8) is 0 Å². The lowest BCUT2D eigenvalue weighted by Gasteiger charge is -2.48. The van der Waals surface area contributed by atoms with E-state index in [1.165, 1.54) is 64.2 Å². The van der Waals surface area contributed by atoms with E-state index in [9.17, 15) is 5.11 Å². The van der Waals surface area contributed by atoms with Crippen molar-refractivity contribution in [1.82, 2.24) is 4.90 Å². The van der Waals surface area contributed by atoms with Gasteiger partial charge in [-0.1, -0.05) is 38.5 Å². The first-order chi connectivity index (χ1) is 9.34. The zero-order chi connectivity index (χ0) is 13.1. The molecule has 2 heteroatoms. The van der Waals surface area contributed by atoms with Gasteiger partial charge in [0.25, 0.3) is 0 Å². The largest absolute Gasteiger partial charge is 0.393 e. The Morgan fingerprint density at radius 3 is 2.05 bits per heavy atom. The molecule has 3 rings (SSSR count). The van der Waals surface area contributed by atoms with Gasteiger partial charge in [0.05, 0.1) is 6.10 Å². The lowest BCUT2D eigenvalue weighted by molar-refractivity contribution is -0.0225. The van der Waals surface area contributed by atoms with E-state index in [-0.39, 0.29) is 6.10 Å². The molecule has 2 aliphatic carbocycles. The summed E-state index contributed by atoms with van der Waals surface area (Å²) in [5, 5.41) is 10.1. The molecule has 0 bridgehead atoms. The molecule has 2 unspecified atom stereocenters. The molecular formula is C17H31NO. The van der Waals surface area contributed by atoms with Crippen molar-refractivity contribution in [2.24, 2.45) is 5.92 Å². The van der Waals surface area contributed by atoms with Crippen molar-refractivity contribution in [2.75, 3.05) is 6.54 Å². The first kappa shape index (κ1) is 13.9. The number of aliphatic hydroxyl groups excluding tert-OH is 1. The molecule has 0 spiro atoms. The fourth-order valence-corrected chi connectivity index (χ4v) is 4.84. The maximum Gasteiger partial charge on any atom is 0.0567 e. The smallest absolute Gasteiger partial charge is 0.0567 e. The van der Waals surface area contributed by atoms with Gasteiger partial charge in [0.1, 0.15) is 0 Å². The van der Waals surface area contributed by atoms with E-state index in [2.05, 4.69) is 4.90 Å². The maximum absolute atomic E-state index is 10.1. The molecular weight excluding hydrogens is 234 g/mol. The van der Waals surface area contributed by atoms with E-state index in [0.717, 1.165) is 31.3 Å². The van der Waals surface area contributed by atoms with Gasteiger partial charge in [-0.15, -0.1) is 0 Å². The minimum Gasteiger partial charge on any atom is -0.393 e. The highest BCUT2D eigenvalue weighted by molar-refractivity contribution is 4.91. The number of aliphatic hydroxyl groups is 1. The monoisotopic (exact) mass is 265 g/mol. The van der Waals surface area contributed by atoms with Crippen molar-refractivity contribution in [1.29, 1.82) is 0 Å². The molecule has 1 N–H and O–H groups in total. The standard InChI is InChI=1S/C17H31NO/c19-16-11-12-18(15-9-5-2-6-10-15)17(13-16)14-7-3-1-4-8-14/h14-17,19H,1-13H2. The Balaban J connectivity index is 1.67. The van der Waals surface area contributed by atoms with Gasteiger partial charge in [-0.3, -0.25) is 4.90 Å². The molecule has 0 aromatic carbocycles. The number of piperidine rings is 1. The number of likely N-dealkylation sites (tertiary alicyclic amines) is 1. The summed E-state index contributed by atoms with van der Waals surface area (Å²) in [7, 11) is 0. The molecule has 0 aromatic heterocycles. The minimum absolute atomic E-state index is 0.0215. The Bertz CT molecular complexity index is 268. The molecule has 0 radical (unpaired) electrons. The van der Waals surface area contributed by atoms with E-state index in [1.807, 2.05) is 0 Å². The summed E-state index contributed by atoms with van der Waals surface area (Å²) in [6.07, 6.45) is 16.3. The quantitative estimate of drug-likeness (QED) is 0.822. The van der Waals surface area contributed by atoms with Crippen LogP contribution in [0.1, 0.15) is 77.0 Å². The van der Waals surface area contributed by atoms with Crippen LogP contribution in [0.3, 0.4) is 0 Å². The molecule has 2 atom stereocenters. The van der Waals surface area contributed by atoms with Crippen LogP contribution >= 0.6 is 0 Å². The van der Waals surface area contributed by atoms with Gasteiger partial charge in [0.15, 0.2) is 0 Å². The number of rotatable bonds is 2. The van der Waals surface area contributed by atoms with Gasteiger partial charge in [-0.25, -0.2) is 0 Å². The second kappa shape index (κ2) is 6.58. The molecule has 2 nitrogen and oxygen atoms in total. The minimum atomic E-state index is -0.0215. The normalized spacial score (nSPS) is 36.5. The second-order valence-electron chi connectivity index (χ2n) is 7.17. The topological polar surface area (TPSA) is 23.5 Å². The SMILES string of the molecule is OC1CCN(C2CCCCC2)C(C2CCCCC2)C1. The van der Waals surface area contributed by atoms with Crippen molar-refractivity contribution in [3.8, 4) is 0 Å². The van der Waals surface area contributed by atoms with Crippen LogP contribution < -0.4 is 0 Å². The van der Waals surface area contributed by atoms with Crippen molar-refractivity contribution in [2.45, 2.75) is 95.2 Å². The van der Waals surface area contributed by atoms with E-state index >= 15 is 0 Å². The Hall–Kier alpha value is -0.0800. The summed E-state index contributed by atoms with van der Waals surface area (Å²) in [6, 6.07) is 1.54. The highest BCUT2D eigenvalue weighted by Crippen LogP contribution is 2.37. The predicted molar refractivity (Wildman–Crippen MR) is 79.2 cm³/mol. The molecule has 19 heavy (non-hydrogen) atoms. The van der Waals surface area contributed by atoms with E-state index < -0.39 is 0 Å². The Morgan fingerprint density at radius 2 is 1.37 bits per heavy atom. The Morgan fingerprint density at radius 1 is 0.737 bits per heavy atom. The van der Waals surface area contributed by atoms with Gasteiger partial charge in [0, 0.05) is 18.6 Å². The summed E-state index contributed by atoms with van der Waals surface area (Å²) in [5.41, 5.74) is 0. The van der Waals surface area contributed by atoms with Crippen LogP contribution in [0.5, 0.6) is 0 Å². The van der Waals surface area contributed by atoms with Gasteiger partial charge >= 0.3 is 0 Å². The van der Waals surface area contributed by atoms with Crippen LogP contribution in [0.15, 0.2) is 0 Å². The van der Waals surface area contributed by atoms with Crippen molar-refractivity contribution >= 4 is 0 Å². The highest BCUT2D eigenvalue weighted by atomic mass is 16.3. The average molecular weight is 265 g/mol. The van der Waals surface area contributed by atoms with Gasteiger partial charge in [-0.05, 0) is 44.4 Å². The highest BCUT2D eigenvalue weighted by Gasteiger charge is 2.37. The van der Waals surface area contributed by atoms with Crippen molar-refractivity contribution in [3.05, 3.63) is 0 Å². The first-order valence-electron chi connectivity index (χ1n) is 8.78. The van der Waals surface area contributed by atoms with Crippen LogP contribution in [-0.4, -0.2) is 34.7 Å². The average Bonchev–Trinajstić information content (AvgIpc) is 2.49. The van der Waals surface area contributed by atoms with E-state index in [1.54, 1.807) is 0 Å². The summed E-state index contributed by atoms with van der Waals surface area (Å²) >= 11 is 0. The van der Waals surface area contributed by atoms with Crippen LogP contribution in [0.4, 0.5) is 0 Å². The molecule has 3 fully saturated rings. The molecule has 1 heterocycles. The second-order valence-corrected chi connectivity index (χ2v) is 7.17. The van der Waals surface area contributed by atoms with Gasteiger partial charge < -0.3 is 5.11 Å². The molecule has 3 aliphatic rings. The molecule has 110 valence electrons. The fraction of sp³-hybridized carbons (Fsp3) is 1.00. The molecule has 0 aromatic rings. The molecule has 1 aliphatic heterocycles. The maximum atomic E-state index is 10.1.